The summed E-state index contributed by atoms with van der Waals surface area (Å²) in [5, 5.41) is 2.99. The highest BCUT2D eigenvalue weighted by Crippen LogP contribution is 2.29. The van der Waals surface area contributed by atoms with Gasteiger partial charge in [0, 0.05) is 10.4 Å². The molecule has 3 rings (SSSR count). The number of sulfonamides is 1. The van der Waals surface area contributed by atoms with Crippen LogP contribution in [0.3, 0.4) is 0 Å². The van der Waals surface area contributed by atoms with Crippen molar-refractivity contribution in [1.29, 1.82) is 0 Å². The maximum atomic E-state index is 13.4. The van der Waals surface area contributed by atoms with E-state index in [1.165, 1.54) is 46.0 Å². The number of hydrogen-bond donors (Lipinski definition) is 0. The van der Waals surface area contributed by atoms with Crippen LogP contribution in [0.25, 0.3) is 0 Å². The Morgan fingerprint density at radius 1 is 1.15 bits per heavy atom. The van der Waals surface area contributed by atoms with Gasteiger partial charge in [-0.15, -0.1) is 11.3 Å². The van der Waals surface area contributed by atoms with Crippen LogP contribution in [0.2, 0.25) is 5.02 Å². The topological polar surface area (TPSA) is 50.3 Å². The van der Waals surface area contributed by atoms with Gasteiger partial charge in [-0.05, 0) is 55.8 Å². The first-order chi connectivity index (χ1) is 12.3. The molecule has 0 aliphatic carbocycles. The summed E-state index contributed by atoms with van der Waals surface area (Å²) in [6.07, 6.45) is 0. The molecule has 0 saturated carbocycles. The Balaban J connectivity index is 2.12. The summed E-state index contributed by atoms with van der Waals surface area (Å²) in [4.78, 5) is 4.47. The summed E-state index contributed by atoms with van der Waals surface area (Å²) in [7, 11) is -3.92. The number of anilines is 1. The van der Waals surface area contributed by atoms with E-state index in [9.17, 15) is 12.8 Å². The number of hydrogen-bond acceptors (Lipinski definition) is 4. The van der Waals surface area contributed by atoms with E-state index < -0.39 is 15.8 Å². The van der Waals surface area contributed by atoms with Crippen LogP contribution in [0, 0.1) is 19.7 Å². The van der Waals surface area contributed by atoms with Gasteiger partial charge in [0.25, 0.3) is 10.0 Å². The largest absolute Gasteiger partial charge is 0.264 e. The third kappa shape index (κ3) is 3.90. The highest BCUT2D eigenvalue weighted by molar-refractivity contribution is 7.92. The molecule has 0 aliphatic rings. The summed E-state index contributed by atoms with van der Waals surface area (Å²) in [6.45, 7) is 3.61. The maximum absolute atomic E-state index is 13.4. The lowest BCUT2D eigenvalue weighted by atomic mass is 10.2. The molecule has 0 amide bonds. The van der Waals surface area contributed by atoms with Crippen molar-refractivity contribution in [2.45, 2.75) is 25.3 Å². The van der Waals surface area contributed by atoms with Crippen molar-refractivity contribution in [3.63, 3.8) is 0 Å². The van der Waals surface area contributed by atoms with Crippen molar-refractivity contribution >= 4 is 38.6 Å². The molecule has 3 aromatic rings. The molecular weight excluding hydrogens is 395 g/mol. The number of aromatic nitrogens is 1. The van der Waals surface area contributed by atoms with Gasteiger partial charge in [0.15, 0.2) is 0 Å². The van der Waals surface area contributed by atoms with Crippen LogP contribution >= 0.6 is 22.9 Å². The summed E-state index contributed by atoms with van der Waals surface area (Å²) < 4.78 is 41.2. The fourth-order valence-electron chi connectivity index (χ4n) is 2.52. The van der Waals surface area contributed by atoms with E-state index in [0.29, 0.717) is 22.0 Å². The fraction of sp³-hybridized carbons (Fsp3) is 0.167. The molecule has 1 aromatic heterocycles. The Hall–Kier alpha value is -1.96. The van der Waals surface area contributed by atoms with Gasteiger partial charge in [-0.2, -0.15) is 0 Å². The molecule has 8 heteroatoms. The Labute approximate surface area is 160 Å². The molecule has 4 nitrogen and oxygen atoms in total. The zero-order valence-corrected chi connectivity index (χ0v) is 16.5. The van der Waals surface area contributed by atoms with Crippen molar-refractivity contribution < 1.29 is 12.8 Å². The molecule has 0 saturated heterocycles. The van der Waals surface area contributed by atoms with Crippen molar-refractivity contribution in [1.82, 2.24) is 4.98 Å². The summed E-state index contributed by atoms with van der Waals surface area (Å²) in [5.41, 5.74) is 1.56. The molecule has 0 spiro atoms. The molecule has 0 atom stereocenters. The number of aryl methyl sites for hydroxylation is 2. The van der Waals surface area contributed by atoms with E-state index in [-0.39, 0.29) is 11.4 Å². The van der Waals surface area contributed by atoms with Crippen LogP contribution in [0.15, 0.2) is 52.7 Å². The van der Waals surface area contributed by atoms with Gasteiger partial charge in [-0.25, -0.2) is 17.8 Å². The monoisotopic (exact) mass is 410 g/mol. The van der Waals surface area contributed by atoms with Gasteiger partial charge in [-0.1, -0.05) is 17.7 Å². The lowest BCUT2D eigenvalue weighted by Crippen LogP contribution is -2.31. The van der Waals surface area contributed by atoms with Gasteiger partial charge >= 0.3 is 0 Å². The maximum Gasteiger partial charge on any atom is 0.264 e. The lowest BCUT2D eigenvalue weighted by Gasteiger charge is -2.25. The molecule has 0 radical (unpaired) electrons. The smallest absolute Gasteiger partial charge is 0.260 e. The molecule has 0 unspecified atom stereocenters. The van der Waals surface area contributed by atoms with Crippen LogP contribution in [0.5, 0.6) is 0 Å². The number of benzene rings is 2. The van der Waals surface area contributed by atoms with E-state index in [1.807, 2.05) is 12.3 Å². The predicted octanol–water partition coefficient (Wildman–Crippen LogP) is 4.95. The second-order valence-corrected chi connectivity index (χ2v) is 9.09. The molecule has 136 valence electrons. The quantitative estimate of drug-likeness (QED) is 0.598. The molecule has 0 aliphatic heterocycles. The van der Waals surface area contributed by atoms with Crippen LogP contribution in [-0.2, 0) is 16.6 Å². The molecular formula is C18H16ClFN2O2S2. The highest BCUT2D eigenvalue weighted by atomic mass is 35.5. The van der Waals surface area contributed by atoms with Crippen LogP contribution < -0.4 is 4.31 Å². The fourth-order valence-corrected chi connectivity index (χ4v) is 5.05. The molecule has 1 heterocycles. The van der Waals surface area contributed by atoms with E-state index in [0.717, 1.165) is 5.01 Å². The van der Waals surface area contributed by atoms with Gasteiger partial charge in [-0.3, -0.25) is 4.31 Å². The zero-order valence-electron chi connectivity index (χ0n) is 14.1. The van der Waals surface area contributed by atoms with E-state index in [1.54, 1.807) is 19.1 Å². The highest BCUT2D eigenvalue weighted by Gasteiger charge is 2.28. The minimum absolute atomic E-state index is 0.0459. The summed E-state index contributed by atoms with van der Waals surface area (Å²) in [6, 6.07) is 10.1. The number of nitrogens with zero attached hydrogens (tertiary/aromatic N) is 2. The third-order valence-electron chi connectivity index (χ3n) is 3.81. The number of rotatable bonds is 5. The molecule has 0 N–H and O–H groups in total. The van der Waals surface area contributed by atoms with Crippen molar-refractivity contribution in [3.05, 3.63) is 74.9 Å². The average molecular weight is 411 g/mol. The lowest BCUT2D eigenvalue weighted by molar-refractivity contribution is 0.589. The molecule has 2 aromatic carbocycles. The first kappa shape index (κ1) is 18.8. The Bertz CT molecular complexity index is 1030. The van der Waals surface area contributed by atoms with Gasteiger partial charge < -0.3 is 0 Å². The number of halogens is 2. The minimum atomic E-state index is -3.92. The van der Waals surface area contributed by atoms with Gasteiger partial charge in [0.05, 0.1) is 27.8 Å². The minimum Gasteiger partial charge on any atom is -0.260 e. The molecule has 0 bridgehead atoms. The Morgan fingerprint density at radius 2 is 1.85 bits per heavy atom. The third-order valence-corrected chi connectivity index (χ3v) is 6.78. The Kier molecular flexibility index (Phi) is 5.32. The van der Waals surface area contributed by atoms with Crippen LogP contribution in [0.1, 0.15) is 16.3 Å². The first-order valence-electron chi connectivity index (χ1n) is 7.73. The van der Waals surface area contributed by atoms with Crippen LogP contribution in [0.4, 0.5) is 10.1 Å². The zero-order chi connectivity index (χ0) is 18.9. The average Bonchev–Trinajstić information content (AvgIpc) is 3.01. The second-order valence-electron chi connectivity index (χ2n) is 5.76. The standard InChI is InChI=1S/C18H16ClFN2O2S2/c1-12-3-4-14(19)9-18(12)26(23,24)22(10-16-11-25-13(2)21-16)17-7-5-15(20)6-8-17/h3-9,11H,10H2,1-2H3. The second kappa shape index (κ2) is 7.34. The van der Waals surface area contributed by atoms with Crippen LogP contribution in [-0.4, -0.2) is 13.4 Å². The van der Waals surface area contributed by atoms with Crippen molar-refractivity contribution in [2.75, 3.05) is 4.31 Å². The van der Waals surface area contributed by atoms with Crippen molar-refractivity contribution in [2.24, 2.45) is 0 Å². The molecule has 0 fully saturated rings. The van der Waals surface area contributed by atoms with E-state index in [4.69, 9.17) is 11.6 Å². The first-order valence-corrected chi connectivity index (χ1v) is 10.4. The Morgan fingerprint density at radius 3 is 2.46 bits per heavy atom. The summed E-state index contributed by atoms with van der Waals surface area (Å²) in [5.74, 6) is -0.436. The normalized spacial score (nSPS) is 11.5. The SMILES string of the molecule is Cc1nc(CN(c2ccc(F)cc2)S(=O)(=O)c2cc(Cl)ccc2C)cs1. The van der Waals surface area contributed by atoms with Crippen molar-refractivity contribution in [3.8, 4) is 0 Å². The molecule has 26 heavy (non-hydrogen) atoms. The van der Waals surface area contributed by atoms with E-state index >= 15 is 0 Å². The van der Waals surface area contributed by atoms with Gasteiger partial charge in [0.1, 0.15) is 5.82 Å². The predicted molar refractivity (Wildman–Crippen MR) is 103 cm³/mol. The van der Waals surface area contributed by atoms with Gasteiger partial charge in [0.2, 0.25) is 0 Å². The summed E-state index contributed by atoms with van der Waals surface area (Å²) >= 11 is 7.46. The number of thiazole rings is 1. The van der Waals surface area contributed by atoms with E-state index in [2.05, 4.69) is 4.98 Å².